The third kappa shape index (κ3) is 6.12. The summed E-state index contributed by atoms with van der Waals surface area (Å²) >= 11 is 0. The van der Waals surface area contributed by atoms with Gasteiger partial charge >= 0.3 is 0 Å². The number of ether oxygens (including phenoxy) is 1. The van der Waals surface area contributed by atoms with Crippen LogP contribution in [-0.4, -0.2) is 24.0 Å². The van der Waals surface area contributed by atoms with Crippen molar-refractivity contribution in [2.24, 2.45) is 5.92 Å². The number of hydrogen-bond acceptors (Lipinski definition) is 4. The van der Waals surface area contributed by atoms with E-state index in [0.29, 0.717) is 24.4 Å². The zero-order chi connectivity index (χ0) is 16.8. The van der Waals surface area contributed by atoms with Gasteiger partial charge in [-0.3, -0.25) is 9.78 Å². The third-order valence-corrected chi connectivity index (χ3v) is 3.99. The second-order valence-electron chi connectivity index (χ2n) is 5.82. The smallest absolute Gasteiger partial charge is 0.224 e. The van der Waals surface area contributed by atoms with E-state index in [0.717, 1.165) is 19.4 Å². The van der Waals surface area contributed by atoms with Crippen molar-refractivity contribution in [3.05, 3.63) is 54.1 Å². The highest BCUT2D eigenvalue weighted by molar-refractivity contribution is 5.85. The van der Waals surface area contributed by atoms with Crippen molar-refractivity contribution in [1.82, 2.24) is 15.6 Å². The van der Waals surface area contributed by atoms with Gasteiger partial charge in [-0.1, -0.05) is 6.07 Å². The molecule has 0 saturated carbocycles. The van der Waals surface area contributed by atoms with E-state index in [-0.39, 0.29) is 42.4 Å². The number of aromatic nitrogens is 1. The minimum Gasteiger partial charge on any atom is -0.453 e. The summed E-state index contributed by atoms with van der Waals surface area (Å²) in [5.74, 6) is 0.150. The highest BCUT2D eigenvalue weighted by Crippen LogP contribution is 2.24. The number of hydrogen-bond donors (Lipinski definition) is 2. The Kier molecular flexibility index (Phi) is 9.34. The van der Waals surface area contributed by atoms with Crippen LogP contribution in [0.4, 0.5) is 4.39 Å². The van der Waals surface area contributed by atoms with Crippen molar-refractivity contribution < 1.29 is 13.9 Å². The van der Waals surface area contributed by atoms with Crippen LogP contribution in [-0.2, 0) is 11.3 Å². The molecule has 0 bridgehead atoms. The molecule has 0 spiro atoms. The Labute approximate surface area is 164 Å². The van der Waals surface area contributed by atoms with Gasteiger partial charge in [0.1, 0.15) is 5.75 Å². The summed E-state index contributed by atoms with van der Waals surface area (Å²) in [6.07, 6.45) is 5.04. The number of nitrogens with zero attached hydrogens (tertiary/aromatic N) is 1. The van der Waals surface area contributed by atoms with E-state index >= 15 is 0 Å². The predicted octanol–water partition coefficient (Wildman–Crippen LogP) is 3.47. The van der Waals surface area contributed by atoms with Crippen LogP contribution in [0.3, 0.4) is 0 Å². The third-order valence-electron chi connectivity index (χ3n) is 3.99. The van der Waals surface area contributed by atoms with Crippen LogP contribution in [0.5, 0.6) is 11.5 Å². The molecule has 1 aromatic carbocycles. The molecule has 1 saturated heterocycles. The maximum absolute atomic E-state index is 14.1. The van der Waals surface area contributed by atoms with Crippen molar-refractivity contribution in [1.29, 1.82) is 0 Å². The minimum atomic E-state index is -0.468. The van der Waals surface area contributed by atoms with E-state index in [1.165, 1.54) is 12.3 Å². The maximum Gasteiger partial charge on any atom is 0.224 e. The lowest BCUT2D eigenvalue weighted by atomic mass is 9.99. The van der Waals surface area contributed by atoms with E-state index in [2.05, 4.69) is 15.6 Å². The molecular weight excluding hydrogens is 380 g/mol. The monoisotopic (exact) mass is 401 g/mol. The SMILES string of the molecule is Cl.Cl.O=C(NCc1ccc(Oc2cccnc2)c(F)c1)C1CCCNC1. The van der Waals surface area contributed by atoms with Crippen molar-refractivity contribution in [2.75, 3.05) is 13.1 Å². The Balaban J connectivity index is 0.00000169. The van der Waals surface area contributed by atoms with Gasteiger partial charge in [-0.05, 0) is 49.2 Å². The summed E-state index contributed by atoms with van der Waals surface area (Å²) in [5.41, 5.74) is 0.697. The van der Waals surface area contributed by atoms with E-state index in [1.54, 1.807) is 30.5 Å². The van der Waals surface area contributed by atoms with Crippen LogP contribution in [0, 0.1) is 11.7 Å². The van der Waals surface area contributed by atoms with Crippen LogP contribution >= 0.6 is 24.8 Å². The first-order valence-corrected chi connectivity index (χ1v) is 8.07. The lowest BCUT2D eigenvalue weighted by molar-refractivity contribution is -0.125. The molecule has 1 aromatic heterocycles. The predicted molar refractivity (Wildman–Crippen MR) is 103 cm³/mol. The van der Waals surface area contributed by atoms with Gasteiger partial charge in [0, 0.05) is 19.3 Å². The number of halogens is 3. The fourth-order valence-corrected chi connectivity index (χ4v) is 2.68. The molecule has 2 heterocycles. The van der Waals surface area contributed by atoms with Gasteiger partial charge in [-0.15, -0.1) is 24.8 Å². The van der Waals surface area contributed by atoms with Crippen LogP contribution in [0.15, 0.2) is 42.7 Å². The number of carbonyl (C=O) groups is 1. The number of rotatable bonds is 5. The minimum absolute atomic E-state index is 0. The molecular formula is C18H22Cl2FN3O2. The van der Waals surface area contributed by atoms with Crippen LogP contribution in [0.2, 0.25) is 0 Å². The first-order valence-electron chi connectivity index (χ1n) is 8.07. The number of piperidine rings is 1. The van der Waals surface area contributed by atoms with E-state index in [9.17, 15) is 9.18 Å². The Morgan fingerprint density at radius 1 is 1.35 bits per heavy atom. The molecule has 26 heavy (non-hydrogen) atoms. The molecule has 1 atom stereocenters. The maximum atomic E-state index is 14.1. The van der Waals surface area contributed by atoms with Gasteiger partial charge in [0.15, 0.2) is 11.6 Å². The lowest BCUT2D eigenvalue weighted by Crippen LogP contribution is -2.40. The second-order valence-corrected chi connectivity index (χ2v) is 5.82. The average Bonchev–Trinajstić information content (AvgIpc) is 2.63. The Hall–Kier alpha value is -1.89. The molecule has 1 unspecified atom stereocenters. The summed E-state index contributed by atoms with van der Waals surface area (Å²) in [6, 6.07) is 8.11. The first kappa shape index (κ1) is 22.2. The molecule has 2 N–H and O–H groups in total. The lowest BCUT2D eigenvalue weighted by Gasteiger charge is -2.21. The van der Waals surface area contributed by atoms with Crippen molar-refractivity contribution in [2.45, 2.75) is 19.4 Å². The van der Waals surface area contributed by atoms with E-state index in [1.807, 2.05) is 0 Å². The molecule has 8 heteroatoms. The highest BCUT2D eigenvalue weighted by Gasteiger charge is 2.20. The summed E-state index contributed by atoms with van der Waals surface area (Å²) in [5, 5.41) is 6.08. The van der Waals surface area contributed by atoms with Gasteiger partial charge in [-0.25, -0.2) is 4.39 Å². The molecule has 3 rings (SSSR count). The zero-order valence-electron chi connectivity index (χ0n) is 14.1. The number of carbonyl (C=O) groups excluding carboxylic acids is 1. The average molecular weight is 402 g/mol. The highest BCUT2D eigenvalue weighted by atomic mass is 35.5. The fraction of sp³-hybridized carbons (Fsp3) is 0.333. The van der Waals surface area contributed by atoms with Crippen LogP contribution in [0.1, 0.15) is 18.4 Å². The van der Waals surface area contributed by atoms with Crippen molar-refractivity contribution in [3.8, 4) is 11.5 Å². The van der Waals surface area contributed by atoms with E-state index < -0.39 is 5.82 Å². The zero-order valence-corrected chi connectivity index (χ0v) is 15.7. The Bertz CT molecular complexity index is 698. The molecule has 142 valence electrons. The summed E-state index contributed by atoms with van der Waals surface area (Å²) in [7, 11) is 0. The summed E-state index contributed by atoms with van der Waals surface area (Å²) < 4.78 is 19.6. The van der Waals surface area contributed by atoms with Crippen LogP contribution in [0.25, 0.3) is 0 Å². The Morgan fingerprint density at radius 3 is 2.85 bits per heavy atom. The molecule has 5 nitrogen and oxygen atoms in total. The summed E-state index contributed by atoms with van der Waals surface area (Å²) in [4.78, 5) is 16.0. The topological polar surface area (TPSA) is 63.2 Å². The number of pyridine rings is 1. The van der Waals surface area contributed by atoms with Gasteiger partial charge in [0.25, 0.3) is 0 Å². The summed E-state index contributed by atoms with van der Waals surface area (Å²) in [6.45, 7) is 1.98. The normalized spacial score (nSPS) is 16.0. The molecule has 1 amide bonds. The van der Waals surface area contributed by atoms with Crippen molar-refractivity contribution >= 4 is 30.7 Å². The quantitative estimate of drug-likeness (QED) is 0.804. The largest absolute Gasteiger partial charge is 0.453 e. The Morgan fingerprint density at radius 2 is 2.19 bits per heavy atom. The standard InChI is InChI=1S/C18H20FN3O2.2ClH/c19-16-9-13(10-22-18(23)14-3-1-7-20-11-14)5-6-17(16)24-15-4-2-8-21-12-15;;/h2,4-6,8-9,12,14,20H,1,3,7,10-11H2,(H,22,23);2*1H. The van der Waals surface area contributed by atoms with Gasteiger partial charge in [-0.2, -0.15) is 0 Å². The molecule has 1 aliphatic heterocycles. The fourth-order valence-electron chi connectivity index (χ4n) is 2.68. The van der Waals surface area contributed by atoms with Gasteiger partial charge in [0.2, 0.25) is 5.91 Å². The first-order chi connectivity index (χ1) is 11.7. The number of nitrogens with one attached hydrogen (secondary N) is 2. The number of amides is 1. The molecule has 0 radical (unpaired) electrons. The van der Waals surface area contributed by atoms with Gasteiger partial charge in [0.05, 0.1) is 12.1 Å². The second kappa shape index (κ2) is 11.0. The molecule has 0 aliphatic carbocycles. The van der Waals surface area contributed by atoms with Gasteiger partial charge < -0.3 is 15.4 Å². The van der Waals surface area contributed by atoms with E-state index in [4.69, 9.17) is 4.74 Å². The van der Waals surface area contributed by atoms with Crippen molar-refractivity contribution in [3.63, 3.8) is 0 Å². The molecule has 1 aliphatic rings. The molecule has 2 aromatic rings. The van der Waals surface area contributed by atoms with Crippen LogP contribution < -0.4 is 15.4 Å². The number of benzene rings is 1. The molecule has 1 fully saturated rings.